The number of likely N-dealkylation sites (tertiary alicyclic amines) is 1. The molecule has 1 unspecified atom stereocenters. The smallest absolute Gasteiger partial charge is 0.295 e. The predicted molar refractivity (Wildman–Crippen MR) is 138 cm³/mol. The molecule has 2 aromatic carbocycles. The van der Waals surface area contributed by atoms with Gasteiger partial charge in [-0.3, -0.25) is 14.5 Å². The average Bonchev–Trinajstić information content (AvgIpc) is 3.21. The first kappa shape index (κ1) is 25.9. The molecule has 10 heteroatoms. The van der Waals surface area contributed by atoms with Gasteiger partial charge < -0.3 is 33.7 Å². The molecule has 1 N–H and O–H groups in total. The van der Waals surface area contributed by atoms with Crippen molar-refractivity contribution in [1.29, 1.82) is 0 Å². The number of rotatable bonds is 8. The summed E-state index contributed by atoms with van der Waals surface area (Å²) in [5.41, 5.74) is 0.942. The molecule has 3 aliphatic heterocycles. The van der Waals surface area contributed by atoms with E-state index >= 15 is 0 Å². The van der Waals surface area contributed by atoms with Gasteiger partial charge in [-0.2, -0.15) is 0 Å². The molecule has 0 bridgehead atoms. The van der Waals surface area contributed by atoms with Gasteiger partial charge in [-0.25, -0.2) is 0 Å². The van der Waals surface area contributed by atoms with Crippen molar-refractivity contribution < 1.29 is 38.4 Å². The zero-order valence-corrected chi connectivity index (χ0v) is 21.6. The number of carbonyl (C=O) groups excluding carboxylic acids is 2. The van der Waals surface area contributed by atoms with Crippen molar-refractivity contribution in [2.45, 2.75) is 12.5 Å². The Bertz CT molecular complexity index is 1240. The Hall–Kier alpha value is -3.76. The summed E-state index contributed by atoms with van der Waals surface area (Å²) in [6.07, 6.45) is 0.659. The Morgan fingerprint density at radius 2 is 1.71 bits per heavy atom. The van der Waals surface area contributed by atoms with Crippen molar-refractivity contribution >= 4 is 17.4 Å². The molecule has 0 spiro atoms. The number of carbonyl (C=O) groups is 2. The summed E-state index contributed by atoms with van der Waals surface area (Å²) in [7, 11) is 3.07. The molecule has 2 fully saturated rings. The minimum Gasteiger partial charge on any atom is -0.507 e. The van der Waals surface area contributed by atoms with E-state index in [0.717, 1.165) is 19.6 Å². The number of aliphatic hydroxyl groups is 1. The average molecular weight is 525 g/mol. The second-order valence-electron chi connectivity index (χ2n) is 9.27. The maximum atomic E-state index is 13.4. The summed E-state index contributed by atoms with van der Waals surface area (Å²) in [5.74, 6) is 0.368. The lowest BCUT2D eigenvalue weighted by molar-refractivity contribution is -0.140. The van der Waals surface area contributed by atoms with Crippen molar-refractivity contribution in [1.82, 2.24) is 9.80 Å². The molecular weight excluding hydrogens is 492 g/mol. The molecule has 1 amide bonds. The second-order valence-corrected chi connectivity index (χ2v) is 9.27. The van der Waals surface area contributed by atoms with Gasteiger partial charge in [0.2, 0.25) is 0 Å². The Balaban J connectivity index is 1.54. The quantitative estimate of drug-likeness (QED) is 0.317. The van der Waals surface area contributed by atoms with Crippen molar-refractivity contribution in [2.24, 2.45) is 0 Å². The third kappa shape index (κ3) is 5.01. The van der Waals surface area contributed by atoms with E-state index in [0.29, 0.717) is 73.5 Å². The van der Waals surface area contributed by atoms with Crippen LogP contribution in [0.2, 0.25) is 0 Å². The summed E-state index contributed by atoms with van der Waals surface area (Å²) in [6, 6.07) is 9.33. The molecule has 0 aromatic heterocycles. The number of hydrogen-bond acceptors (Lipinski definition) is 9. The first-order valence-electron chi connectivity index (χ1n) is 12.7. The summed E-state index contributed by atoms with van der Waals surface area (Å²) in [5, 5.41) is 11.4. The van der Waals surface area contributed by atoms with Gasteiger partial charge in [0.25, 0.3) is 11.7 Å². The molecule has 5 rings (SSSR count). The van der Waals surface area contributed by atoms with E-state index in [1.807, 2.05) is 0 Å². The molecule has 0 aliphatic carbocycles. The van der Waals surface area contributed by atoms with E-state index in [2.05, 4.69) is 4.90 Å². The molecule has 10 nitrogen and oxygen atoms in total. The molecule has 38 heavy (non-hydrogen) atoms. The van der Waals surface area contributed by atoms with Crippen LogP contribution in [-0.4, -0.2) is 93.4 Å². The number of ketones is 1. The lowest BCUT2D eigenvalue weighted by atomic mass is 9.94. The highest BCUT2D eigenvalue weighted by atomic mass is 16.6. The Kier molecular flexibility index (Phi) is 7.71. The van der Waals surface area contributed by atoms with E-state index in [-0.39, 0.29) is 11.3 Å². The summed E-state index contributed by atoms with van der Waals surface area (Å²) >= 11 is 0. The fraction of sp³-hybridized carbons (Fsp3) is 0.429. The van der Waals surface area contributed by atoms with Crippen molar-refractivity contribution in [3.05, 3.63) is 53.1 Å². The highest BCUT2D eigenvalue weighted by Gasteiger charge is 2.47. The van der Waals surface area contributed by atoms with Gasteiger partial charge >= 0.3 is 0 Å². The zero-order chi connectivity index (χ0) is 26.6. The second kappa shape index (κ2) is 11.3. The van der Waals surface area contributed by atoms with E-state index < -0.39 is 17.7 Å². The molecule has 2 aromatic rings. The number of benzene rings is 2. The lowest BCUT2D eigenvalue weighted by Crippen LogP contribution is -2.39. The number of fused-ring (bicyclic) bond motifs is 1. The molecule has 1 atom stereocenters. The van der Waals surface area contributed by atoms with Crippen LogP contribution in [-0.2, 0) is 14.3 Å². The summed E-state index contributed by atoms with van der Waals surface area (Å²) in [6.45, 7) is 4.95. The molecule has 3 aliphatic rings. The van der Waals surface area contributed by atoms with Crippen LogP contribution in [0.5, 0.6) is 23.0 Å². The van der Waals surface area contributed by atoms with Crippen LogP contribution in [0, 0.1) is 0 Å². The Morgan fingerprint density at radius 1 is 0.947 bits per heavy atom. The minimum atomic E-state index is -0.839. The standard InChI is InChI=1S/C28H32N2O8/c1-34-19-5-6-20(22(17-19)35-2)25-24(26(31)18-4-7-21-23(16-18)38-15-14-37-21)27(32)28(33)30(25)9-3-8-29-10-12-36-13-11-29/h4-7,16-17,25,31H,3,8-15H2,1-2H3. The molecule has 0 radical (unpaired) electrons. The number of aliphatic hydroxyl groups excluding tert-OH is 1. The first-order valence-corrected chi connectivity index (χ1v) is 12.7. The van der Waals surface area contributed by atoms with Crippen LogP contribution >= 0.6 is 0 Å². The monoisotopic (exact) mass is 524 g/mol. The number of morpholine rings is 1. The van der Waals surface area contributed by atoms with Gasteiger partial charge in [-0.05, 0) is 36.8 Å². The molecule has 202 valence electrons. The summed E-state index contributed by atoms with van der Waals surface area (Å²) < 4.78 is 27.6. The highest BCUT2D eigenvalue weighted by molar-refractivity contribution is 6.46. The number of ether oxygens (including phenoxy) is 5. The van der Waals surface area contributed by atoms with E-state index in [1.54, 1.807) is 43.5 Å². The van der Waals surface area contributed by atoms with E-state index in [1.165, 1.54) is 12.0 Å². The Labute approximate surface area is 221 Å². The number of Topliss-reactive ketones (excluding diaryl/α,β-unsaturated/α-hetero) is 1. The Morgan fingerprint density at radius 3 is 2.45 bits per heavy atom. The SMILES string of the molecule is COc1ccc(C2C(=C(O)c3ccc4c(c3)OCCO4)C(=O)C(=O)N2CCCN2CCOCC2)c(OC)c1. The van der Waals surface area contributed by atoms with Crippen LogP contribution in [0.1, 0.15) is 23.6 Å². The number of amides is 1. The molecule has 3 heterocycles. The fourth-order valence-corrected chi connectivity index (χ4v) is 5.11. The van der Waals surface area contributed by atoms with Crippen LogP contribution in [0.4, 0.5) is 0 Å². The minimum absolute atomic E-state index is 0.00140. The summed E-state index contributed by atoms with van der Waals surface area (Å²) in [4.78, 5) is 30.6. The third-order valence-corrected chi connectivity index (χ3v) is 7.07. The van der Waals surface area contributed by atoms with Gasteiger partial charge in [-0.1, -0.05) is 0 Å². The van der Waals surface area contributed by atoms with Crippen molar-refractivity contribution in [2.75, 3.05) is 66.8 Å². The van der Waals surface area contributed by atoms with E-state index in [9.17, 15) is 14.7 Å². The fourth-order valence-electron chi connectivity index (χ4n) is 5.11. The van der Waals surface area contributed by atoms with Crippen LogP contribution < -0.4 is 18.9 Å². The predicted octanol–water partition coefficient (Wildman–Crippen LogP) is 2.62. The van der Waals surface area contributed by atoms with Crippen molar-refractivity contribution in [3.63, 3.8) is 0 Å². The van der Waals surface area contributed by atoms with Gasteiger partial charge in [-0.15, -0.1) is 0 Å². The van der Waals surface area contributed by atoms with Gasteiger partial charge in [0.15, 0.2) is 11.5 Å². The van der Waals surface area contributed by atoms with Crippen LogP contribution in [0.3, 0.4) is 0 Å². The van der Waals surface area contributed by atoms with Gasteiger partial charge in [0.05, 0.1) is 39.0 Å². The first-order chi connectivity index (χ1) is 18.5. The maximum absolute atomic E-state index is 13.4. The molecular formula is C28H32N2O8. The van der Waals surface area contributed by atoms with Gasteiger partial charge in [0.1, 0.15) is 30.5 Å². The number of methoxy groups -OCH3 is 2. The molecule has 2 saturated heterocycles. The van der Waals surface area contributed by atoms with E-state index in [4.69, 9.17) is 23.7 Å². The maximum Gasteiger partial charge on any atom is 0.295 e. The third-order valence-electron chi connectivity index (χ3n) is 7.07. The number of hydrogen-bond donors (Lipinski definition) is 1. The van der Waals surface area contributed by atoms with Crippen LogP contribution in [0.25, 0.3) is 5.76 Å². The van der Waals surface area contributed by atoms with Gasteiger partial charge in [0, 0.05) is 43.4 Å². The van der Waals surface area contributed by atoms with Crippen molar-refractivity contribution in [3.8, 4) is 23.0 Å². The normalized spacial score (nSPS) is 21.0. The largest absolute Gasteiger partial charge is 0.507 e. The van der Waals surface area contributed by atoms with Crippen LogP contribution in [0.15, 0.2) is 42.0 Å². The zero-order valence-electron chi connectivity index (χ0n) is 21.6. The molecule has 0 saturated carbocycles. The highest BCUT2D eigenvalue weighted by Crippen LogP contribution is 2.44. The topological polar surface area (TPSA) is 107 Å². The lowest BCUT2D eigenvalue weighted by Gasteiger charge is -2.29. The number of nitrogens with zero attached hydrogens (tertiary/aromatic N) is 2.